The van der Waals surface area contributed by atoms with E-state index in [1.54, 1.807) is 6.08 Å². The molecule has 1 aromatic carbocycles. The predicted octanol–water partition coefficient (Wildman–Crippen LogP) is 2.15. The second kappa shape index (κ2) is 5.13. The molecule has 3 aliphatic rings. The van der Waals surface area contributed by atoms with Crippen molar-refractivity contribution in [2.45, 2.75) is 12.8 Å². The number of nitrogens with two attached hydrogens (primary N) is 1. The summed E-state index contributed by atoms with van der Waals surface area (Å²) in [7, 11) is 0. The van der Waals surface area contributed by atoms with Gasteiger partial charge in [0.2, 0.25) is 0 Å². The molecule has 120 valence electrons. The highest BCUT2D eigenvalue weighted by Gasteiger charge is 2.44. The van der Waals surface area contributed by atoms with E-state index in [0.29, 0.717) is 17.6 Å². The lowest BCUT2D eigenvalue weighted by atomic mass is 9.63. The Bertz CT molecular complexity index is 875. The SMILES string of the molecule is C=C1C=C(C(N)=O)C(=O)C2C=C3C(=O)c4ccccc4CC3CC12. The Morgan fingerprint density at radius 1 is 1.21 bits per heavy atom. The minimum Gasteiger partial charge on any atom is -0.365 e. The molecular formula is C20H17NO3. The average Bonchev–Trinajstić information content (AvgIpc) is 2.57. The van der Waals surface area contributed by atoms with Crippen molar-refractivity contribution >= 4 is 17.5 Å². The number of hydrogen-bond donors (Lipinski definition) is 1. The van der Waals surface area contributed by atoms with Crippen LogP contribution in [0.5, 0.6) is 0 Å². The topological polar surface area (TPSA) is 77.2 Å². The van der Waals surface area contributed by atoms with Gasteiger partial charge in [0.25, 0.3) is 5.91 Å². The van der Waals surface area contributed by atoms with E-state index in [2.05, 4.69) is 6.58 Å². The summed E-state index contributed by atoms with van der Waals surface area (Å²) in [6.07, 6.45) is 4.78. The first kappa shape index (κ1) is 14.8. The van der Waals surface area contributed by atoms with Crippen molar-refractivity contribution in [1.82, 2.24) is 0 Å². The number of Topliss-reactive ketones (excluding diaryl/α,β-unsaturated/α-hetero) is 2. The first-order valence-corrected chi connectivity index (χ1v) is 8.06. The van der Waals surface area contributed by atoms with Crippen LogP contribution in [0.2, 0.25) is 0 Å². The Morgan fingerprint density at radius 3 is 2.71 bits per heavy atom. The zero-order valence-electron chi connectivity index (χ0n) is 13.1. The van der Waals surface area contributed by atoms with Crippen LogP contribution in [-0.4, -0.2) is 17.5 Å². The summed E-state index contributed by atoms with van der Waals surface area (Å²) in [5, 5.41) is 0. The summed E-state index contributed by atoms with van der Waals surface area (Å²) in [4.78, 5) is 36.9. The van der Waals surface area contributed by atoms with Crippen LogP contribution in [0.4, 0.5) is 0 Å². The molecule has 1 aromatic rings. The zero-order valence-corrected chi connectivity index (χ0v) is 13.1. The Morgan fingerprint density at radius 2 is 1.96 bits per heavy atom. The van der Waals surface area contributed by atoms with Crippen LogP contribution < -0.4 is 5.73 Å². The highest BCUT2D eigenvalue weighted by atomic mass is 16.2. The van der Waals surface area contributed by atoms with E-state index >= 15 is 0 Å². The third kappa shape index (κ3) is 2.03. The molecular weight excluding hydrogens is 302 g/mol. The van der Waals surface area contributed by atoms with E-state index in [-0.39, 0.29) is 29.0 Å². The predicted molar refractivity (Wildman–Crippen MR) is 89.1 cm³/mol. The van der Waals surface area contributed by atoms with Crippen molar-refractivity contribution in [3.05, 3.63) is 70.8 Å². The fourth-order valence-corrected chi connectivity index (χ4v) is 4.20. The van der Waals surface area contributed by atoms with Crippen LogP contribution >= 0.6 is 0 Å². The molecule has 0 saturated heterocycles. The molecule has 3 atom stereocenters. The van der Waals surface area contributed by atoms with Gasteiger partial charge < -0.3 is 5.73 Å². The number of carbonyl (C=O) groups excluding carboxylic acids is 3. The van der Waals surface area contributed by atoms with Gasteiger partial charge in [-0.2, -0.15) is 0 Å². The van der Waals surface area contributed by atoms with E-state index in [9.17, 15) is 14.4 Å². The Balaban J connectivity index is 1.79. The average molecular weight is 319 g/mol. The number of carbonyl (C=O) groups is 3. The lowest BCUT2D eigenvalue weighted by Crippen LogP contribution is -2.40. The molecule has 1 amide bonds. The van der Waals surface area contributed by atoms with Crippen LogP contribution in [0.1, 0.15) is 22.3 Å². The van der Waals surface area contributed by atoms with Gasteiger partial charge in [0.15, 0.2) is 11.6 Å². The Hall–Kier alpha value is -2.75. The van der Waals surface area contributed by atoms with E-state index < -0.39 is 11.8 Å². The minimum atomic E-state index is -0.736. The zero-order chi connectivity index (χ0) is 17.0. The Kier molecular flexibility index (Phi) is 3.17. The highest BCUT2D eigenvalue weighted by Crippen LogP contribution is 2.45. The molecule has 0 fully saturated rings. The highest BCUT2D eigenvalue weighted by molar-refractivity contribution is 6.22. The molecule has 4 heteroatoms. The monoisotopic (exact) mass is 319 g/mol. The molecule has 0 heterocycles. The molecule has 0 aliphatic heterocycles. The third-order valence-electron chi connectivity index (χ3n) is 5.40. The minimum absolute atomic E-state index is 0.00566. The fraction of sp³-hybridized carbons (Fsp3) is 0.250. The van der Waals surface area contributed by atoms with Crippen molar-refractivity contribution in [3.8, 4) is 0 Å². The van der Waals surface area contributed by atoms with Gasteiger partial charge in [-0.3, -0.25) is 14.4 Å². The number of allylic oxidation sites excluding steroid dienone is 4. The molecule has 0 saturated carbocycles. The van der Waals surface area contributed by atoms with Crippen molar-refractivity contribution in [2.24, 2.45) is 23.5 Å². The molecule has 4 nitrogen and oxygen atoms in total. The molecule has 2 N–H and O–H groups in total. The molecule has 0 bridgehead atoms. The van der Waals surface area contributed by atoms with Crippen LogP contribution in [0.15, 0.2) is 59.7 Å². The second-order valence-corrected chi connectivity index (χ2v) is 6.74. The number of amides is 1. The second-order valence-electron chi connectivity index (χ2n) is 6.74. The van der Waals surface area contributed by atoms with Gasteiger partial charge in [0.05, 0.1) is 5.57 Å². The maximum absolute atomic E-state index is 12.8. The number of primary amides is 1. The lowest BCUT2D eigenvalue weighted by molar-refractivity contribution is -0.123. The number of rotatable bonds is 1. The van der Waals surface area contributed by atoms with Gasteiger partial charge in [0.1, 0.15) is 0 Å². The maximum atomic E-state index is 12.8. The molecule has 0 aromatic heterocycles. The lowest BCUT2D eigenvalue weighted by Gasteiger charge is -2.39. The Labute approximate surface area is 139 Å². The summed E-state index contributed by atoms with van der Waals surface area (Å²) in [5.74, 6) is -1.51. The van der Waals surface area contributed by atoms with E-state index in [1.807, 2.05) is 24.3 Å². The normalized spacial score (nSPS) is 28.3. The molecule has 4 rings (SSSR count). The summed E-state index contributed by atoms with van der Waals surface area (Å²) in [5.41, 5.74) is 8.51. The van der Waals surface area contributed by atoms with Crippen molar-refractivity contribution in [3.63, 3.8) is 0 Å². The molecule has 24 heavy (non-hydrogen) atoms. The van der Waals surface area contributed by atoms with Crippen molar-refractivity contribution < 1.29 is 14.4 Å². The number of fused-ring (bicyclic) bond motifs is 3. The van der Waals surface area contributed by atoms with E-state index in [4.69, 9.17) is 5.73 Å². The van der Waals surface area contributed by atoms with Gasteiger partial charge in [0, 0.05) is 17.1 Å². The summed E-state index contributed by atoms with van der Waals surface area (Å²) in [6.45, 7) is 4.02. The van der Waals surface area contributed by atoms with E-state index in [0.717, 1.165) is 17.6 Å². The largest absolute Gasteiger partial charge is 0.365 e. The molecule has 3 unspecified atom stereocenters. The number of hydrogen-bond acceptors (Lipinski definition) is 3. The quantitative estimate of drug-likeness (QED) is 0.806. The smallest absolute Gasteiger partial charge is 0.252 e. The van der Waals surface area contributed by atoms with Gasteiger partial charge in [-0.1, -0.05) is 42.5 Å². The van der Waals surface area contributed by atoms with Gasteiger partial charge in [-0.15, -0.1) is 0 Å². The van der Waals surface area contributed by atoms with Gasteiger partial charge in [-0.05, 0) is 36.3 Å². The fourth-order valence-electron chi connectivity index (χ4n) is 4.20. The van der Waals surface area contributed by atoms with Crippen LogP contribution in [-0.2, 0) is 16.0 Å². The van der Waals surface area contributed by atoms with E-state index in [1.165, 1.54) is 6.08 Å². The van der Waals surface area contributed by atoms with Crippen LogP contribution in [0.3, 0.4) is 0 Å². The summed E-state index contributed by atoms with van der Waals surface area (Å²) in [6, 6.07) is 7.61. The first-order chi connectivity index (χ1) is 11.5. The standard InChI is InChI=1S/C20H17NO3/c1-10-6-17(20(21)24)19(23)16-9-15-12(8-14(10)16)7-11-4-2-3-5-13(11)18(15)22/h2-6,9,12,14,16H,1,7-8H2,(H2,21,24). The van der Waals surface area contributed by atoms with Crippen LogP contribution in [0, 0.1) is 17.8 Å². The number of benzene rings is 1. The number of ketones is 2. The van der Waals surface area contributed by atoms with Gasteiger partial charge in [-0.25, -0.2) is 0 Å². The molecule has 3 aliphatic carbocycles. The van der Waals surface area contributed by atoms with Gasteiger partial charge >= 0.3 is 0 Å². The van der Waals surface area contributed by atoms with Crippen LogP contribution in [0.25, 0.3) is 0 Å². The maximum Gasteiger partial charge on any atom is 0.252 e. The summed E-state index contributed by atoms with van der Waals surface area (Å²) < 4.78 is 0. The van der Waals surface area contributed by atoms with Crippen molar-refractivity contribution in [2.75, 3.05) is 0 Å². The summed E-state index contributed by atoms with van der Waals surface area (Å²) >= 11 is 0. The molecule has 0 radical (unpaired) electrons. The van der Waals surface area contributed by atoms with Crippen molar-refractivity contribution in [1.29, 1.82) is 0 Å². The first-order valence-electron chi connectivity index (χ1n) is 8.06. The third-order valence-corrected chi connectivity index (χ3v) is 5.40. The molecule has 0 spiro atoms.